The molecule has 5 nitrogen and oxygen atoms in total. The van der Waals surface area contributed by atoms with Gasteiger partial charge in [-0.05, 0) is 52.8 Å². The van der Waals surface area contributed by atoms with Gasteiger partial charge in [-0.2, -0.15) is 0 Å². The van der Waals surface area contributed by atoms with Crippen molar-refractivity contribution in [3.05, 3.63) is 135 Å². The van der Waals surface area contributed by atoms with Crippen molar-refractivity contribution >= 4 is 23.3 Å². The number of aliphatic imine (C=N–C) groups is 1. The molecular formula is C31H27N3O2. The fourth-order valence-corrected chi connectivity index (χ4v) is 5.78. The molecule has 0 radical (unpaired) electrons. The molecule has 0 saturated heterocycles. The van der Waals surface area contributed by atoms with E-state index >= 15 is 0 Å². The molecule has 2 aliphatic rings. The van der Waals surface area contributed by atoms with Crippen molar-refractivity contribution in [1.29, 1.82) is 0 Å². The first-order valence-corrected chi connectivity index (χ1v) is 12.5. The summed E-state index contributed by atoms with van der Waals surface area (Å²) in [6.07, 6.45) is 3.88. The molecule has 2 aliphatic heterocycles. The van der Waals surface area contributed by atoms with E-state index in [-0.39, 0.29) is 10.6 Å². The number of anilines is 1. The molecule has 36 heavy (non-hydrogen) atoms. The van der Waals surface area contributed by atoms with Gasteiger partial charge in [-0.25, -0.2) is 0 Å². The van der Waals surface area contributed by atoms with Crippen LogP contribution >= 0.6 is 0 Å². The number of hydrogen-bond acceptors (Lipinski definition) is 4. The number of benzene rings is 4. The normalized spacial score (nSPS) is 18.7. The monoisotopic (exact) mass is 473 g/mol. The lowest BCUT2D eigenvalue weighted by atomic mass is 9.76. The molecule has 2 heterocycles. The second-order valence-electron chi connectivity index (χ2n) is 9.57. The van der Waals surface area contributed by atoms with Gasteiger partial charge < -0.3 is 4.90 Å². The summed E-state index contributed by atoms with van der Waals surface area (Å²) >= 11 is 0. The van der Waals surface area contributed by atoms with E-state index in [2.05, 4.69) is 77.7 Å². The number of nitro benzene ring substituents is 1. The molecule has 0 amide bonds. The highest BCUT2D eigenvalue weighted by Gasteiger charge is 2.35. The SMILES string of the molecule is O=[N+]([O-])c1cccc(C=Nc2cc3c4c(c2)C(c2ccccc2)CCN4CCC3c2ccccc2)c1. The first-order chi connectivity index (χ1) is 17.7. The number of nitrogens with zero attached hydrogens (tertiary/aromatic N) is 3. The van der Waals surface area contributed by atoms with E-state index < -0.39 is 0 Å². The largest absolute Gasteiger partial charge is 0.371 e. The first-order valence-electron chi connectivity index (χ1n) is 12.5. The van der Waals surface area contributed by atoms with Gasteiger partial charge >= 0.3 is 0 Å². The number of nitro groups is 1. The van der Waals surface area contributed by atoms with Crippen LogP contribution in [-0.4, -0.2) is 24.2 Å². The Labute approximate surface area is 210 Å². The Morgan fingerprint density at radius 3 is 1.92 bits per heavy atom. The molecule has 2 atom stereocenters. The maximum atomic E-state index is 11.2. The van der Waals surface area contributed by atoms with Crippen molar-refractivity contribution < 1.29 is 4.92 Å². The molecule has 0 bridgehead atoms. The molecular weight excluding hydrogens is 446 g/mol. The summed E-state index contributed by atoms with van der Waals surface area (Å²) in [6.45, 7) is 2.11. The van der Waals surface area contributed by atoms with Crippen molar-refractivity contribution in [2.75, 3.05) is 18.0 Å². The Balaban J connectivity index is 1.48. The fourth-order valence-electron chi connectivity index (χ4n) is 5.78. The molecule has 0 aromatic heterocycles. The minimum atomic E-state index is -0.371. The summed E-state index contributed by atoms with van der Waals surface area (Å²) in [4.78, 5) is 18.2. The Morgan fingerprint density at radius 2 is 1.36 bits per heavy atom. The summed E-state index contributed by atoms with van der Waals surface area (Å²) < 4.78 is 0. The average molecular weight is 474 g/mol. The van der Waals surface area contributed by atoms with E-state index in [1.54, 1.807) is 18.3 Å². The Hall–Kier alpha value is -4.25. The van der Waals surface area contributed by atoms with Gasteiger partial charge in [0.15, 0.2) is 0 Å². The van der Waals surface area contributed by atoms with Gasteiger partial charge in [0.25, 0.3) is 5.69 Å². The summed E-state index contributed by atoms with van der Waals surface area (Å²) in [6, 6.07) is 32.6. The highest BCUT2D eigenvalue weighted by molar-refractivity contribution is 5.84. The molecule has 5 heteroatoms. The number of rotatable bonds is 5. The van der Waals surface area contributed by atoms with Crippen LogP contribution in [0.25, 0.3) is 0 Å². The van der Waals surface area contributed by atoms with Gasteiger partial charge in [-0.3, -0.25) is 15.1 Å². The third-order valence-corrected chi connectivity index (χ3v) is 7.44. The highest BCUT2D eigenvalue weighted by atomic mass is 16.6. The van der Waals surface area contributed by atoms with E-state index in [0.29, 0.717) is 11.8 Å². The van der Waals surface area contributed by atoms with Crippen LogP contribution in [0.3, 0.4) is 0 Å². The zero-order chi connectivity index (χ0) is 24.5. The van der Waals surface area contributed by atoms with Crippen LogP contribution in [0.5, 0.6) is 0 Å². The molecule has 2 unspecified atom stereocenters. The predicted octanol–water partition coefficient (Wildman–Crippen LogP) is 7.22. The third kappa shape index (κ3) is 4.17. The molecule has 0 aliphatic carbocycles. The average Bonchev–Trinajstić information content (AvgIpc) is 2.93. The lowest BCUT2D eigenvalue weighted by Crippen LogP contribution is -2.37. The third-order valence-electron chi connectivity index (χ3n) is 7.44. The van der Waals surface area contributed by atoms with E-state index in [1.165, 1.54) is 34.0 Å². The molecule has 4 aromatic rings. The lowest BCUT2D eigenvalue weighted by Gasteiger charge is -2.43. The number of non-ortho nitro benzene ring substituents is 1. The molecule has 0 spiro atoms. The van der Waals surface area contributed by atoms with Crippen molar-refractivity contribution in [3.8, 4) is 0 Å². The highest BCUT2D eigenvalue weighted by Crippen LogP contribution is 2.49. The van der Waals surface area contributed by atoms with E-state index in [9.17, 15) is 10.1 Å². The quantitative estimate of drug-likeness (QED) is 0.175. The lowest BCUT2D eigenvalue weighted by molar-refractivity contribution is -0.384. The van der Waals surface area contributed by atoms with Gasteiger partial charge in [-0.1, -0.05) is 72.8 Å². The van der Waals surface area contributed by atoms with Crippen LogP contribution in [0, 0.1) is 10.1 Å². The van der Waals surface area contributed by atoms with E-state index in [4.69, 9.17) is 4.99 Å². The van der Waals surface area contributed by atoms with Gasteiger partial charge in [0.05, 0.1) is 10.6 Å². The Kier molecular flexibility index (Phi) is 5.82. The summed E-state index contributed by atoms with van der Waals surface area (Å²) in [5, 5.41) is 11.2. The molecule has 6 rings (SSSR count). The van der Waals surface area contributed by atoms with Crippen LogP contribution in [0.4, 0.5) is 17.1 Å². The number of hydrogen-bond donors (Lipinski definition) is 0. The van der Waals surface area contributed by atoms with Crippen LogP contribution < -0.4 is 4.90 Å². The zero-order valence-electron chi connectivity index (χ0n) is 20.0. The van der Waals surface area contributed by atoms with Crippen LogP contribution in [0.2, 0.25) is 0 Å². The van der Waals surface area contributed by atoms with Crippen molar-refractivity contribution in [1.82, 2.24) is 0 Å². The summed E-state index contributed by atoms with van der Waals surface area (Å²) in [7, 11) is 0. The van der Waals surface area contributed by atoms with Gasteiger partial charge in [0, 0.05) is 49.0 Å². The predicted molar refractivity (Wildman–Crippen MR) is 145 cm³/mol. The molecule has 0 saturated carbocycles. The minimum absolute atomic E-state index is 0.0726. The van der Waals surface area contributed by atoms with Crippen molar-refractivity contribution in [2.45, 2.75) is 24.7 Å². The molecule has 178 valence electrons. The van der Waals surface area contributed by atoms with Crippen LogP contribution in [0.15, 0.2) is 102 Å². The van der Waals surface area contributed by atoms with Crippen LogP contribution in [0.1, 0.15) is 52.5 Å². The zero-order valence-corrected chi connectivity index (χ0v) is 20.0. The van der Waals surface area contributed by atoms with E-state index in [0.717, 1.165) is 37.2 Å². The standard InChI is InChI=1S/C31H27N3O2/c35-34(36)26-13-7-8-22(18-26)21-32-25-19-29-27(23-9-3-1-4-10-23)14-16-33-17-15-28(30(20-25)31(29)33)24-11-5-2-6-12-24/h1-13,18-21,27-28H,14-17H2. The topological polar surface area (TPSA) is 58.7 Å². The Morgan fingerprint density at radius 1 is 0.778 bits per heavy atom. The molecule has 0 N–H and O–H groups in total. The van der Waals surface area contributed by atoms with Crippen LogP contribution in [-0.2, 0) is 0 Å². The van der Waals surface area contributed by atoms with E-state index in [1.807, 2.05) is 6.07 Å². The Bertz CT molecular complexity index is 1360. The smallest absolute Gasteiger partial charge is 0.270 e. The molecule has 4 aromatic carbocycles. The maximum Gasteiger partial charge on any atom is 0.270 e. The second-order valence-corrected chi connectivity index (χ2v) is 9.57. The summed E-state index contributed by atoms with van der Waals surface area (Å²) in [5.74, 6) is 0.636. The van der Waals surface area contributed by atoms with Gasteiger partial charge in [0.2, 0.25) is 0 Å². The maximum absolute atomic E-state index is 11.2. The fraction of sp³-hybridized carbons (Fsp3) is 0.194. The minimum Gasteiger partial charge on any atom is -0.371 e. The van der Waals surface area contributed by atoms with Crippen molar-refractivity contribution in [2.24, 2.45) is 4.99 Å². The van der Waals surface area contributed by atoms with Gasteiger partial charge in [-0.15, -0.1) is 0 Å². The summed E-state index contributed by atoms with van der Waals surface area (Å²) in [5.41, 5.74) is 8.38. The van der Waals surface area contributed by atoms with Crippen molar-refractivity contribution in [3.63, 3.8) is 0 Å². The molecule has 0 fully saturated rings. The first kappa shape index (κ1) is 22.2. The second kappa shape index (κ2) is 9.42. The van der Waals surface area contributed by atoms with Gasteiger partial charge in [0.1, 0.15) is 0 Å².